The highest BCUT2D eigenvalue weighted by molar-refractivity contribution is 5.93. The molecule has 1 aliphatic rings. The lowest BCUT2D eigenvalue weighted by Crippen LogP contribution is -2.28. The molecule has 0 aliphatic heterocycles. The van der Waals surface area contributed by atoms with Crippen LogP contribution < -0.4 is 5.32 Å². The minimum absolute atomic E-state index is 0.0996. The third kappa shape index (κ3) is 2.39. The van der Waals surface area contributed by atoms with Crippen LogP contribution in [0.25, 0.3) is 0 Å². The lowest BCUT2D eigenvalue weighted by Gasteiger charge is -2.14. The second kappa shape index (κ2) is 4.61. The molecule has 4 nitrogen and oxygen atoms in total. The van der Waals surface area contributed by atoms with E-state index in [1.165, 1.54) is 0 Å². The summed E-state index contributed by atoms with van der Waals surface area (Å²) in [4.78, 5) is 15.8. The Kier molecular flexibility index (Phi) is 3.19. The second-order valence-electron chi connectivity index (χ2n) is 4.34. The van der Waals surface area contributed by atoms with Crippen LogP contribution in [-0.4, -0.2) is 22.1 Å². The maximum atomic E-state index is 11.8. The number of amides is 1. The standard InChI is InChI=1S/C12H16N2O2/c1-8-5-9(7-13-6-8)14-12(16)10-3-2-4-11(10)15/h5-7,10-11,15H,2-4H2,1H3,(H,14,16). The summed E-state index contributed by atoms with van der Waals surface area (Å²) in [6.45, 7) is 1.92. The van der Waals surface area contributed by atoms with Gasteiger partial charge in [-0.1, -0.05) is 0 Å². The number of nitrogens with zero attached hydrogens (tertiary/aromatic N) is 1. The van der Waals surface area contributed by atoms with E-state index in [1.807, 2.05) is 13.0 Å². The van der Waals surface area contributed by atoms with Crippen LogP contribution in [0.3, 0.4) is 0 Å². The maximum Gasteiger partial charge on any atom is 0.230 e. The summed E-state index contributed by atoms with van der Waals surface area (Å²) in [5, 5.41) is 12.4. The number of carbonyl (C=O) groups is 1. The van der Waals surface area contributed by atoms with Gasteiger partial charge in [0, 0.05) is 6.20 Å². The van der Waals surface area contributed by atoms with Crippen LogP contribution in [0.1, 0.15) is 24.8 Å². The molecule has 0 aromatic carbocycles. The second-order valence-corrected chi connectivity index (χ2v) is 4.34. The zero-order valence-corrected chi connectivity index (χ0v) is 9.31. The Balaban J connectivity index is 2.02. The van der Waals surface area contributed by atoms with Crippen LogP contribution in [-0.2, 0) is 4.79 Å². The van der Waals surface area contributed by atoms with Crippen molar-refractivity contribution in [1.29, 1.82) is 0 Å². The molecule has 1 aromatic rings. The molecule has 1 amide bonds. The van der Waals surface area contributed by atoms with Crippen molar-refractivity contribution >= 4 is 11.6 Å². The predicted molar refractivity (Wildman–Crippen MR) is 61.0 cm³/mol. The number of carbonyl (C=O) groups excluding carboxylic acids is 1. The fourth-order valence-corrected chi connectivity index (χ4v) is 2.10. The molecule has 2 N–H and O–H groups in total. The van der Waals surface area contributed by atoms with E-state index in [-0.39, 0.29) is 11.8 Å². The molecular weight excluding hydrogens is 204 g/mol. The number of anilines is 1. The van der Waals surface area contributed by atoms with Crippen molar-refractivity contribution in [2.75, 3.05) is 5.32 Å². The van der Waals surface area contributed by atoms with Gasteiger partial charge in [0.2, 0.25) is 5.91 Å². The molecular formula is C12H16N2O2. The topological polar surface area (TPSA) is 62.2 Å². The van der Waals surface area contributed by atoms with Crippen LogP contribution in [0.4, 0.5) is 5.69 Å². The highest BCUT2D eigenvalue weighted by atomic mass is 16.3. The molecule has 0 saturated heterocycles. The van der Waals surface area contributed by atoms with Gasteiger partial charge in [-0.2, -0.15) is 0 Å². The molecule has 0 radical (unpaired) electrons. The summed E-state index contributed by atoms with van der Waals surface area (Å²) in [7, 11) is 0. The van der Waals surface area contributed by atoms with Gasteiger partial charge in [-0.25, -0.2) is 0 Å². The molecule has 2 atom stereocenters. The maximum absolute atomic E-state index is 11.8. The molecule has 1 aromatic heterocycles. The molecule has 1 saturated carbocycles. The summed E-state index contributed by atoms with van der Waals surface area (Å²) >= 11 is 0. The van der Waals surface area contributed by atoms with E-state index in [0.717, 1.165) is 24.8 Å². The summed E-state index contributed by atoms with van der Waals surface area (Å²) in [5.41, 5.74) is 1.70. The molecule has 2 unspecified atom stereocenters. The zero-order chi connectivity index (χ0) is 11.5. The lowest BCUT2D eigenvalue weighted by atomic mass is 10.1. The SMILES string of the molecule is Cc1cncc(NC(=O)C2CCCC2O)c1. The first-order chi connectivity index (χ1) is 7.66. The smallest absolute Gasteiger partial charge is 0.230 e. The van der Waals surface area contributed by atoms with Crippen LogP contribution in [0.5, 0.6) is 0 Å². The van der Waals surface area contributed by atoms with Gasteiger partial charge in [-0.05, 0) is 37.8 Å². The lowest BCUT2D eigenvalue weighted by molar-refractivity contribution is -0.122. The van der Waals surface area contributed by atoms with Gasteiger partial charge in [-0.15, -0.1) is 0 Å². The molecule has 1 fully saturated rings. The van der Waals surface area contributed by atoms with Crippen LogP contribution in [0.15, 0.2) is 18.5 Å². The van der Waals surface area contributed by atoms with Gasteiger partial charge >= 0.3 is 0 Å². The van der Waals surface area contributed by atoms with E-state index < -0.39 is 6.10 Å². The van der Waals surface area contributed by atoms with Crippen LogP contribution in [0.2, 0.25) is 0 Å². The Morgan fingerprint density at radius 3 is 2.94 bits per heavy atom. The summed E-state index contributed by atoms with van der Waals surface area (Å²) in [6.07, 6.45) is 5.28. The highest BCUT2D eigenvalue weighted by Crippen LogP contribution is 2.26. The molecule has 16 heavy (non-hydrogen) atoms. The van der Waals surface area contributed by atoms with E-state index in [2.05, 4.69) is 10.3 Å². The number of aryl methyl sites for hydroxylation is 1. The molecule has 0 bridgehead atoms. The first kappa shape index (κ1) is 11.1. The monoisotopic (exact) mass is 220 g/mol. The van der Waals surface area contributed by atoms with Gasteiger partial charge in [-0.3, -0.25) is 9.78 Å². The van der Waals surface area contributed by atoms with Crippen LogP contribution in [0, 0.1) is 12.8 Å². The van der Waals surface area contributed by atoms with E-state index >= 15 is 0 Å². The first-order valence-corrected chi connectivity index (χ1v) is 5.57. The average Bonchev–Trinajstić information content (AvgIpc) is 2.64. The molecule has 1 heterocycles. The Morgan fingerprint density at radius 1 is 1.50 bits per heavy atom. The number of rotatable bonds is 2. The van der Waals surface area contributed by atoms with Crippen molar-refractivity contribution in [3.63, 3.8) is 0 Å². The quantitative estimate of drug-likeness (QED) is 0.793. The molecule has 2 rings (SSSR count). The first-order valence-electron chi connectivity index (χ1n) is 5.57. The number of aliphatic hydroxyl groups excluding tert-OH is 1. The summed E-state index contributed by atoms with van der Waals surface area (Å²) in [5.74, 6) is -0.363. The largest absolute Gasteiger partial charge is 0.392 e. The Bertz CT molecular complexity index is 392. The van der Waals surface area contributed by atoms with Crippen molar-refractivity contribution in [3.05, 3.63) is 24.0 Å². The summed E-state index contributed by atoms with van der Waals surface area (Å²) in [6, 6.07) is 1.87. The fourth-order valence-electron chi connectivity index (χ4n) is 2.10. The number of aliphatic hydroxyl groups is 1. The zero-order valence-electron chi connectivity index (χ0n) is 9.31. The minimum Gasteiger partial charge on any atom is -0.392 e. The Morgan fingerprint density at radius 2 is 2.31 bits per heavy atom. The Hall–Kier alpha value is -1.42. The van der Waals surface area contributed by atoms with Crippen molar-refractivity contribution in [1.82, 2.24) is 4.98 Å². The van der Waals surface area contributed by atoms with Gasteiger partial charge in [0.1, 0.15) is 0 Å². The van der Waals surface area contributed by atoms with Crippen molar-refractivity contribution < 1.29 is 9.90 Å². The van der Waals surface area contributed by atoms with Crippen LogP contribution >= 0.6 is 0 Å². The van der Waals surface area contributed by atoms with E-state index in [9.17, 15) is 9.90 Å². The highest BCUT2D eigenvalue weighted by Gasteiger charge is 2.31. The molecule has 86 valence electrons. The third-order valence-electron chi connectivity index (χ3n) is 2.96. The number of hydrogen-bond donors (Lipinski definition) is 2. The Labute approximate surface area is 94.7 Å². The fraction of sp³-hybridized carbons (Fsp3) is 0.500. The average molecular weight is 220 g/mol. The third-order valence-corrected chi connectivity index (χ3v) is 2.96. The number of nitrogens with one attached hydrogen (secondary N) is 1. The van der Waals surface area contributed by atoms with Gasteiger partial charge in [0.05, 0.1) is 23.9 Å². The molecule has 1 aliphatic carbocycles. The molecule has 0 spiro atoms. The van der Waals surface area contributed by atoms with Gasteiger partial charge in [0.25, 0.3) is 0 Å². The van der Waals surface area contributed by atoms with Gasteiger partial charge < -0.3 is 10.4 Å². The number of pyridine rings is 1. The molecule has 4 heteroatoms. The van der Waals surface area contributed by atoms with Crippen molar-refractivity contribution in [2.24, 2.45) is 5.92 Å². The van der Waals surface area contributed by atoms with E-state index in [4.69, 9.17) is 0 Å². The number of hydrogen-bond acceptors (Lipinski definition) is 3. The van der Waals surface area contributed by atoms with E-state index in [1.54, 1.807) is 12.4 Å². The normalized spacial score (nSPS) is 24.4. The number of aromatic nitrogens is 1. The summed E-state index contributed by atoms with van der Waals surface area (Å²) < 4.78 is 0. The minimum atomic E-state index is -0.488. The van der Waals surface area contributed by atoms with Crippen molar-refractivity contribution in [2.45, 2.75) is 32.3 Å². The van der Waals surface area contributed by atoms with E-state index in [0.29, 0.717) is 5.69 Å². The van der Waals surface area contributed by atoms with Gasteiger partial charge in [0.15, 0.2) is 0 Å². The predicted octanol–water partition coefficient (Wildman–Crippen LogP) is 1.49. The van der Waals surface area contributed by atoms with Crippen molar-refractivity contribution in [3.8, 4) is 0 Å².